The second kappa shape index (κ2) is 17.8. The Morgan fingerprint density at radius 3 is 2.37 bits per heavy atom. The van der Waals surface area contributed by atoms with E-state index in [2.05, 4.69) is 30.7 Å². The smallest absolute Gasteiger partial charge is 0.328 e. The van der Waals surface area contributed by atoms with E-state index in [0.29, 0.717) is 67.4 Å². The van der Waals surface area contributed by atoms with E-state index in [9.17, 15) is 19.2 Å². The SMILES string of the molecule is CC[C@H]1C(=O)N(C)c2cnc(Nc3ccc(C(=O)NC4CCN(CC(=O)N[C@H](CC(C)C)C(=O)OC5CCCC5)CC4)cc3OC)nc2N1C1CCCC1. The molecule has 3 amide bonds. The number of hydrogen-bond acceptors (Lipinski definition) is 11. The van der Waals surface area contributed by atoms with Gasteiger partial charge in [-0.3, -0.25) is 19.3 Å². The van der Waals surface area contributed by atoms with E-state index in [4.69, 9.17) is 14.5 Å². The first-order valence-electron chi connectivity index (χ1n) is 20.0. The number of rotatable bonds is 14. The highest BCUT2D eigenvalue weighted by molar-refractivity contribution is 6.04. The van der Waals surface area contributed by atoms with E-state index in [1.807, 2.05) is 20.8 Å². The number of piperidine rings is 1. The summed E-state index contributed by atoms with van der Waals surface area (Å²) >= 11 is 0. The van der Waals surface area contributed by atoms with Crippen LogP contribution in [0.25, 0.3) is 0 Å². The quantitative estimate of drug-likeness (QED) is 0.225. The van der Waals surface area contributed by atoms with Gasteiger partial charge in [0.2, 0.25) is 17.8 Å². The minimum absolute atomic E-state index is 0.0396. The molecule has 0 unspecified atom stereocenters. The molecule has 3 fully saturated rings. The molecule has 1 saturated heterocycles. The first kappa shape index (κ1) is 39.2. The Kier molecular flexibility index (Phi) is 12.9. The number of amides is 3. The number of nitrogens with one attached hydrogen (secondary N) is 3. The zero-order valence-corrected chi connectivity index (χ0v) is 32.6. The molecule has 294 valence electrons. The third-order valence-corrected chi connectivity index (χ3v) is 11.3. The third-order valence-electron chi connectivity index (χ3n) is 11.3. The van der Waals surface area contributed by atoms with Gasteiger partial charge in [-0.25, -0.2) is 9.78 Å². The summed E-state index contributed by atoms with van der Waals surface area (Å²) in [4.78, 5) is 67.9. The maximum absolute atomic E-state index is 13.4. The molecule has 0 radical (unpaired) electrons. The molecule has 2 saturated carbocycles. The number of anilines is 4. The van der Waals surface area contributed by atoms with Crippen molar-refractivity contribution in [2.75, 3.05) is 48.9 Å². The lowest BCUT2D eigenvalue weighted by Gasteiger charge is -2.43. The molecule has 2 atom stereocenters. The van der Waals surface area contributed by atoms with Crippen molar-refractivity contribution in [3.05, 3.63) is 30.0 Å². The number of ether oxygens (including phenoxy) is 2. The molecule has 2 aliphatic carbocycles. The second-order valence-corrected chi connectivity index (χ2v) is 15.7. The van der Waals surface area contributed by atoms with Crippen molar-refractivity contribution in [1.29, 1.82) is 0 Å². The summed E-state index contributed by atoms with van der Waals surface area (Å²) in [6, 6.07) is 4.54. The number of esters is 1. The molecule has 6 rings (SSSR count). The van der Waals surface area contributed by atoms with Crippen molar-refractivity contribution >= 4 is 46.8 Å². The van der Waals surface area contributed by atoms with Crippen molar-refractivity contribution in [3.8, 4) is 5.75 Å². The molecule has 2 aromatic rings. The Balaban J connectivity index is 1.03. The summed E-state index contributed by atoms with van der Waals surface area (Å²) in [6.07, 6.45) is 12.6. The molecule has 1 aromatic carbocycles. The number of benzene rings is 1. The monoisotopic (exact) mass is 746 g/mol. The van der Waals surface area contributed by atoms with Crippen molar-refractivity contribution in [1.82, 2.24) is 25.5 Å². The van der Waals surface area contributed by atoms with Crippen molar-refractivity contribution in [2.45, 2.75) is 128 Å². The lowest BCUT2D eigenvalue weighted by molar-refractivity contribution is -0.153. The number of nitrogens with zero attached hydrogens (tertiary/aromatic N) is 5. The fourth-order valence-electron chi connectivity index (χ4n) is 8.38. The minimum atomic E-state index is -0.645. The van der Waals surface area contributed by atoms with Crippen LogP contribution in [0, 0.1) is 5.92 Å². The minimum Gasteiger partial charge on any atom is -0.495 e. The fourth-order valence-corrected chi connectivity index (χ4v) is 8.38. The lowest BCUT2D eigenvalue weighted by atomic mass is 10.0. The Bertz CT molecular complexity index is 1650. The molecule has 4 aliphatic rings. The number of likely N-dealkylation sites (tertiary alicyclic amines) is 1. The Hall–Kier alpha value is -4.46. The number of carbonyl (C=O) groups is 4. The van der Waals surface area contributed by atoms with Crippen LogP contribution in [0.4, 0.5) is 23.1 Å². The van der Waals surface area contributed by atoms with E-state index < -0.39 is 6.04 Å². The Morgan fingerprint density at radius 1 is 1.00 bits per heavy atom. The van der Waals surface area contributed by atoms with Crippen LogP contribution in [-0.4, -0.2) is 103 Å². The zero-order valence-electron chi connectivity index (χ0n) is 32.6. The van der Waals surface area contributed by atoms with Crippen molar-refractivity contribution in [2.24, 2.45) is 5.92 Å². The molecular weight excluding hydrogens is 688 g/mol. The predicted molar refractivity (Wildman–Crippen MR) is 207 cm³/mol. The van der Waals surface area contributed by atoms with Crippen LogP contribution in [0.15, 0.2) is 24.4 Å². The van der Waals surface area contributed by atoms with Gasteiger partial charge in [-0.1, -0.05) is 33.6 Å². The molecule has 14 heteroatoms. The van der Waals surface area contributed by atoms with E-state index in [-0.39, 0.29) is 60.4 Å². The number of fused-ring (bicyclic) bond motifs is 1. The molecule has 0 spiro atoms. The molecule has 2 aliphatic heterocycles. The molecule has 54 heavy (non-hydrogen) atoms. The van der Waals surface area contributed by atoms with E-state index in [1.54, 1.807) is 43.5 Å². The van der Waals surface area contributed by atoms with Crippen molar-refractivity contribution < 1.29 is 28.7 Å². The van der Waals surface area contributed by atoms with Crippen LogP contribution in [-0.2, 0) is 19.1 Å². The zero-order chi connectivity index (χ0) is 38.4. The van der Waals surface area contributed by atoms with Gasteiger partial charge < -0.3 is 35.2 Å². The van der Waals surface area contributed by atoms with E-state index >= 15 is 0 Å². The number of methoxy groups -OCH3 is 1. The van der Waals surface area contributed by atoms with Gasteiger partial charge in [0.05, 0.1) is 25.5 Å². The highest BCUT2D eigenvalue weighted by Crippen LogP contribution is 2.40. The van der Waals surface area contributed by atoms with Gasteiger partial charge in [-0.15, -0.1) is 0 Å². The highest BCUT2D eigenvalue weighted by atomic mass is 16.5. The Morgan fingerprint density at radius 2 is 1.70 bits per heavy atom. The predicted octanol–water partition coefficient (Wildman–Crippen LogP) is 4.94. The maximum atomic E-state index is 13.4. The molecule has 3 heterocycles. The summed E-state index contributed by atoms with van der Waals surface area (Å²) in [5.74, 6) is 1.18. The van der Waals surface area contributed by atoms with Crippen LogP contribution >= 0.6 is 0 Å². The van der Waals surface area contributed by atoms with Crippen LogP contribution in [0.2, 0.25) is 0 Å². The van der Waals surface area contributed by atoms with Crippen LogP contribution < -0.4 is 30.5 Å². The molecular formula is C40H58N8O6. The van der Waals surface area contributed by atoms with Gasteiger partial charge >= 0.3 is 5.97 Å². The number of hydrogen-bond donors (Lipinski definition) is 3. The van der Waals surface area contributed by atoms with Crippen LogP contribution in [0.3, 0.4) is 0 Å². The largest absolute Gasteiger partial charge is 0.495 e. The number of aromatic nitrogens is 2. The highest BCUT2D eigenvalue weighted by Gasteiger charge is 2.41. The van der Waals surface area contributed by atoms with E-state index in [1.165, 1.54) is 0 Å². The normalized spacial score (nSPS) is 20.6. The number of carbonyl (C=O) groups excluding carboxylic acids is 4. The number of likely N-dealkylation sites (N-methyl/N-ethyl adjacent to an activating group) is 1. The second-order valence-electron chi connectivity index (χ2n) is 15.7. The fraction of sp³-hybridized carbons (Fsp3) is 0.650. The molecule has 14 nitrogen and oxygen atoms in total. The summed E-state index contributed by atoms with van der Waals surface area (Å²) in [6.45, 7) is 7.59. The first-order chi connectivity index (χ1) is 26.0. The van der Waals surface area contributed by atoms with E-state index in [0.717, 1.165) is 57.2 Å². The average Bonchev–Trinajstić information content (AvgIpc) is 3.89. The van der Waals surface area contributed by atoms with Gasteiger partial charge in [0.25, 0.3) is 5.91 Å². The summed E-state index contributed by atoms with van der Waals surface area (Å²) in [5.41, 5.74) is 1.77. The van der Waals surface area contributed by atoms with Gasteiger partial charge in [-0.2, -0.15) is 4.98 Å². The third kappa shape index (κ3) is 9.24. The van der Waals surface area contributed by atoms with Gasteiger partial charge in [0.1, 0.15) is 29.6 Å². The molecule has 1 aromatic heterocycles. The van der Waals surface area contributed by atoms with Gasteiger partial charge in [0, 0.05) is 37.8 Å². The van der Waals surface area contributed by atoms with Crippen LogP contribution in [0.5, 0.6) is 5.75 Å². The maximum Gasteiger partial charge on any atom is 0.328 e. The summed E-state index contributed by atoms with van der Waals surface area (Å²) in [7, 11) is 3.34. The Labute approximate surface area is 319 Å². The standard InChI is InChI=1S/C40H58N8O6/c1-6-32-38(51)46(4)33-23-41-40(45-36(33)48(32)28-11-7-8-12-28)44-30-16-15-26(22-34(30)53-5)37(50)42-27-17-19-47(20-18-27)24-35(49)43-31(21-25(2)3)39(52)54-29-13-9-10-14-29/h15-16,22-23,25,27-29,31-32H,6-14,17-21,24H2,1-5H3,(H,42,50)(H,43,49)(H,41,44,45)/t31-,32+/m1/s1. The first-order valence-corrected chi connectivity index (χ1v) is 20.0. The van der Waals surface area contributed by atoms with Crippen LogP contribution in [0.1, 0.15) is 108 Å². The summed E-state index contributed by atoms with van der Waals surface area (Å²) in [5, 5.41) is 9.36. The molecule has 0 bridgehead atoms. The summed E-state index contributed by atoms with van der Waals surface area (Å²) < 4.78 is 11.4. The lowest BCUT2D eigenvalue weighted by Crippen LogP contribution is -2.55. The average molecular weight is 747 g/mol. The van der Waals surface area contributed by atoms with Crippen molar-refractivity contribution in [3.63, 3.8) is 0 Å². The van der Waals surface area contributed by atoms with Gasteiger partial charge in [-0.05, 0) is 88.3 Å². The topological polar surface area (TPSA) is 158 Å². The van der Waals surface area contributed by atoms with Gasteiger partial charge in [0.15, 0.2) is 5.82 Å². The molecule has 3 N–H and O–H groups in total.